The molecule has 0 radical (unpaired) electrons. The van der Waals surface area contributed by atoms with Gasteiger partial charge in [-0.25, -0.2) is 9.98 Å². The van der Waals surface area contributed by atoms with Gasteiger partial charge in [0.05, 0.1) is 18.7 Å². The van der Waals surface area contributed by atoms with Crippen LogP contribution in [0.1, 0.15) is 44.9 Å². The molecule has 5 heteroatoms. The van der Waals surface area contributed by atoms with Crippen molar-refractivity contribution >= 4 is 5.96 Å². The van der Waals surface area contributed by atoms with E-state index < -0.39 is 0 Å². The summed E-state index contributed by atoms with van der Waals surface area (Å²) in [5, 5.41) is 6.72. The minimum Gasteiger partial charge on any atom is -0.475 e. The monoisotopic (exact) mass is 340 g/mol. The summed E-state index contributed by atoms with van der Waals surface area (Å²) in [5.74, 6) is 1.44. The minimum absolute atomic E-state index is 0.125. The van der Waals surface area contributed by atoms with Crippen LogP contribution in [0.3, 0.4) is 0 Å². The first-order valence-electron chi connectivity index (χ1n) is 8.80. The first-order valence-corrected chi connectivity index (χ1v) is 8.80. The molecule has 0 spiro atoms. The van der Waals surface area contributed by atoms with Crippen molar-refractivity contribution in [1.82, 2.24) is 15.6 Å². The molecule has 0 fully saturated rings. The van der Waals surface area contributed by atoms with Crippen LogP contribution in [0.2, 0.25) is 0 Å². The van der Waals surface area contributed by atoms with Crippen LogP contribution in [0.15, 0.2) is 53.7 Å². The van der Waals surface area contributed by atoms with Gasteiger partial charge in [-0.15, -0.1) is 0 Å². The van der Waals surface area contributed by atoms with E-state index in [4.69, 9.17) is 4.74 Å². The highest BCUT2D eigenvalue weighted by Crippen LogP contribution is 2.12. The maximum atomic E-state index is 5.56. The Morgan fingerprint density at radius 2 is 1.88 bits per heavy atom. The van der Waals surface area contributed by atoms with Gasteiger partial charge in [0.1, 0.15) is 0 Å². The van der Waals surface area contributed by atoms with Crippen LogP contribution in [0.4, 0.5) is 0 Å². The molecule has 1 aromatic heterocycles. The normalized spacial score (nSPS) is 12.8. The molecule has 1 unspecified atom stereocenters. The Hall–Kier alpha value is -2.56. The van der Waals surface area contributed by atoms with Crippen LogP contribution >= 0.6 is 0 Å². The van der Waals surface area contributed by atoms with Crippen LogP contribution in [0.25, 0.3) is 0 Å². The lowest BCUT2D eigenvalue weighted by molar-refractivity contribution is 0.232. The molecule has 0 saturated heterocycles. The maximum absolute atomic E-state index is 5.56. The van der Waals surface area contributed by atoms with E-state index in [2.05, 4.69) is 46.6 Å². The Kier molecular flexibility index (Phi) is 7.26. The van der Waals surface area contributed by atoms with Gasteiger partial charge in [-0.05, 0) is 38.8 Å². The van der Waals surface area contributed by atoms with Crippen LogP contribution in [0.5, 0.6) is 5.88 Å². The number of pyridine rings is 1. The highest BCUT2D eigenvalue weighted by molar-refractivity contribution is 5.80. The largest absolute Gasteiger partial charge is 0.475 e. The lowest BCUT2D eigenvalue weighted by Crippen LogP contribution is -2.38. The third-order valence-corrected chi connectivity index (χ3v) is 3.57. The van der Waals surface area contributed by atoms with Crippen molar-refractivity contribution in [1.29, 1.82) is 0 Å². The first kappa shape index (κ1) is 18.8. The number of benzene rings is 1. The summed E-state index contributed by atoms with van der Waals surface area (Å²) in [6, 6.07) is 14.4. The Balaban J connectivity index is 1.99. The number of nitrogens with one attached hydrogen (secondary N) is 2. The molecule has 5 nitrogen and oxygen atoms in total. The van der Waals surface area contributed by atoms with Crippen LogP contribution in [0, 0.1) is 0 Å². The second-order valence-corrected chi connectivity index (χ2v) is 6.14. The number of hydrogen-bond donors (Lipinski definition) is 2. The average Bonchev–Trinajstić information content (AvgIpc) is 2.61. The van der Waals surface area contributed by atoms with Gasteiger partial charge in [0, 0.05) is 18.8 Å². The van der Waals surface area contributed by atoms with Gasteiger partial charge in [-0.1, -0.05) is 36.4 Å². The van der Waals surface area contributed by atoms with E-state index in [0.29, 0.717) is 12.4 Å². The Morgan fingerprint density at radius 3 is 2.48 bits per heavy atom. The van der Waals surface area contributed by atoms with Crippen molar-refractivity contribution in [3.05, 3.63) is 59.8 Å². The van der Waals surface area contributed by atoms with Gasteiger partial charge in [0.2, 0.25) is 5.88 Å². The van der Waals surface area contributed by atoms with Gasteiger partial charge >= 0.3 is 0 Å². The van der Waals surface area contributed by atoms with E-state index in [0.717, 1.165) is 18.1 Å². The zero-order valence-corrected chi connectivity index (χ0v) is 15.5. The summed E-state index contributed by atoms with van der Waals surface area (Å²) in [5.41, 5.74) is 2.27. The standard InChI is InChI=1S/C20H28N4O/c1-5-21-20(24-16(4)18-9-7-6-8-10-18)23-14-17-11-12-19(22-13-17)25-15(2)3/h6-13,15-16H,5,14H2,1-4H3,(H2,21,23,24). The van der Waals surface area contributed by atoms with E-state index in [-0.39, 0.29) is 12.1 Å². The average molecular weight is 340 g/mol. The van der Waals surface area contributed by atoms with Crippen molar-refractivity contribution in [3.8, 4) is 5.88 Å². The van der Waals surface area contributed by atoms with E-state index in [1.807, 2.05) is 50.4 Å². The first-order chi connectivity index (χ1) is 12.1. The zero-order chi connectivity index (χ0) is 18.1. The van der Waals surface area contributed by atoms with Crippen LogP contribution in [-0.2, 0) is 6.54 Å². The number of nitrogens with zero attached hydrogens (tertiary/aromatic N) is 2. The van der Waals surface area contributed by atoms with Gasteiger partial charge in [0.25, 0.3) is 0 Å². The molecule has 0 aliphatic heterocycles. The molecule has 134 valence electrons. The minimum atomic E-state index is 0.125. The predicted octanol–water partition coefficient (Wildman–Crippen LogP) is 3.69. The summed E-state index contributed by atoms with van der Waals surface area (Å²) < 4.78 is 5.56. The highest BCUT2D eigenvalue weighted by Gasteiger charge is 2.07. The van der Waals surface area contributed by atoms with Crippen molar-refractivity contribution < 1.29 is 4.74 Å². The second kappa shape index (κ2) is 9.67. The van der Waals surface area contributed by atoms with Crippen LogP contribution < -0.4 is 15.4 Å². The molecular formula is C20H28N4O. The molecule has 0 aliphatic carbocycles. The smallest absolute Gasteiger partial charge is 0.213 e. The number of rotatable bonds is 7. The summed E-state index contributed by atoms with van der Waals surface area (Å²) in [4.78, 5) is 8.97. The third kappa shape index (κ3) is 6.45. The summed E-state index contributed by atoms with van der Waals surface area (Å²) in [6.07, 6.45) is 1.94. The molecule has 1 heterocycles. The van der Waals surface area contributed by atoms with Gasteiger partial charge < -0.3 is 15.4 Å². The fourth-order valence-electron chi connectivity index (χ4n) is 2.34. The topological polar surface area (TPSA) is 58.5 Å². The number of aromatic nitrogens is 1. The molecule has 1 atom stereocenters. The quantitative estimate of drug-likeness (QED) is 0.596. The van der Waals surface area contributed by atoms with Crippen LogP contribution in [-0.4, -0.2) is 23.6 Å². The predicted molar refractivity (Wildman–Crippen MR) is 103 cm³/mol. The van der Waals surface area contributed by atoms with Gasteiger partial charge in [-0.2, -0.15) is 0 Å². The SMILES string of the molecule is CCNC(=NCc1ccc(OC(C)C)nc1)NC(C)c1ccccc1. The Labute approximate surface area is 150 Å². The maximum Gasteiger partial charge on any atom is 0.213 e. The van der Waals surface area contributed by atoms with E-state index in [1.54, 1.807) is 0 Å². The number of guanidine groups is 1. The zero-order valence-electron chi connectivity index (χ0n) is 15.5. The molecule has 2 aromatic rings. The van der Waals surface area contributed by atoms with Crippen molar-refractivity contribution in [2.75, 3.05) is 6.54 Å². The van der Waals surface area contributed by atoms with Gasteiger partial charge in [-0.3, -0.25) is 0 Å². The van der Waals surface area contributed by atoms with E-state index in [9.17, 15) is 0 Å². The number of hydrogen-bond acceptors (Lipinski definition) is 3. The lowest BCUT2D eigenvalue weighted by atomic mass is 10.1. The molecular weight excluding hydrogens is 312 g/mol. The van der Waals surface area contributed by atoms with Gasteiger partial charge in [0.15, 0.2) is 5.96 Å². The molecule has 2 rings (SSSR count). The third-order valence-electron chi connectivity index (χ3n) is 3.57. The molecule has 0 amide bonds. The molecule has 1 aromatic carbocycles. The summed E-state index contributed by atoms with van der Waals surface area (Å²) in [7, 11) is 0. The Bertz CT molecular complexity index is 653. The van der Waals surface area contributed by atoms with E-state index in [1.165, 1.54) is 5.56 Å². The Morgan fingerprint density at radius 1 is 1.12 bits per heavy atom. The number of aliphatic imine (C=N–C) groups is 1. The van der Waals surface area contributed by atoms with Crippen molar-refractivity contribution in [2.45, 2.75) is 46.4 Å². The van der Waals surface area contributed by atoms with Crippen molar-refractivity contribution in [3.63, 3.8) is 0 Å². The van der Waals surface area contributed by atoms with Crippen molar-refractivity contribution in [2.24, 2.45) is 4.99 Å². The highest BCUT2D eigenvalue weighted by atomic mass is 16.5. The molecule has 0 aliphatic rings. The van der Waals surface area contributed by atoms with E-state index >= 15 is 0 Å². The fraction of sp³-hybridized carbons (Fsp3) is 0.400. The molecule has 25 heavy (non-hydrogen) atoms. The lowest BCUT2D eigenvalue weighted by Gasteiger charge is -2.18. The molecule has 0 saturated carbocycles. The molecule has 0 bridgehead atoms. The summed E-state index contributed by atoms with van der Waals surface area (Å²) >= 11 is 0. The molecule has 2 N–H and O–H groups in total. The number of ether oxygens (including phenoxy) is 1. The summed E-state index contributed by atoms with van der Waals surface area (Å²) in [6.45, 7) is 9.54. The second-order valence-electron chi connectivity index (χ2n) is 6.14. The fourth-order valence-corrected chi connectivity index (χ4v) is 2.34.